The van der Waals surface area contributed by atoms with Gasteiger partial charge >= 0.3 is 0 Å². The third-order valence-electron chi connectivity index (χ3n) is 3.68. The average molecular weight is 262 g/mol. The van der Waals surface area contributed by atoms with Crippen LogP contribution in [0.15, 0.2) is 24.3 Å². The molecule has 1 aliphatic heterocycles. The summed E-state index contributed by atoms with van der Waals surface area (Å²) < 4.78 is 5.70. The van der Waals surface area contributed by atoms with Crippen LogP contribution >= 0.6 is 0 Å². The fraction of sp³-hybridized carbons (Fsp3) is 0.625. The van der Waals surface area contributed by atoms with Gasteiger partial charge in [-0.3, -0.25) is 0 Å². The van der Waals surface area contributed by atoms with Crippen molar-refractivity contribution in [3.63, 3.8) is 0 Å². The van der Waals surface area contributed by atoms with Crippen LogP contribution in [0, 0.1) is 0 Å². The molecule has 1 heterocycles. The second-order valence-electron chi connectivity index (χ2n) is 6.04. The molecule has 106 valence electrons. The van der Waals surface area contributed by atoms with Crippen LogP contribution < -0.4 is 10.1 Å². The van der Waals surface area contributed by atoms with Gasteiger partial charge < -0.3 is 15.0 Å². The summed E-state index contributed by atoms with van der Waals surface area (Å²) in [6.07, 6.45) is 1.43. The van der Waals surface area contributed by atoms with Gasteiger partial charge in [-0.05, 0) is 65.0 Å². The van der Waals surface area contributed by atoms with Crippen LogP contribution in [0.25, 0.3) is 0 Å². The Morgan fingerprint density at radius 2 is 1.95 bits per heavy atom. The molecule has 0 amide bonds. The molecule has 1 saturated heterocycles. The first-order valence-corrected chi connectivity index (χ1v) is 7.20. The number of ether oxygens (including phenoxy) is 1. The molecule has 1 aliphatic rings. The van der Waals surface area contributed by atoms with Crippen LogP contribution in [0.5, 0.6) is 5.75 Å². The van der Waals surface area contributed by atoms with E-state index in [0.717, 1.165) is 25.4 Å². The van der Waals surface area contributed by atoms with E-state index in [-0.39, 0.29) is 11.6 Å². The van der Waals surface area contributed by atoms with Crippen molar-refractivity contribution in [1.29, 1.82) is 0 Å². The summed E-state index contributed by atoms with van der Waals surface area (Å²) in [5.41, 5.74) is 1.36. The molecule has 3 heteroatoms. The lowest BCUT2D eigenvalue weighted by atomic mass is 9.91. The smallest absolute Gasteiger partial charge is 0.119 e. The largest absolute Gasteiger partial charge is 0.491 e. The molecule has 19 heavy (non-hydrogen) atoms. The SMILES string of the molecule is CC(C)Oc1ccc(C2(C)CN(C)CCCN2)cc1. The molecule has 1 aromatic rings. The summed E-state index contributed by atoms with van der Waals surface area (Å²) in [6.45, 7) is 9.67. The van der Waals surface area contributed by atoms with E-state index in [1.807, 2.05) is 0 Å². The lowest BCUT2D eigenvalue weighted by Crippen LogP contribution is -2.45. The first-order valence-electron chi connectivity index (χ1n) is 7.20. The van der Waals surface area contributed by atoms with Gasteiger partial charge in [-0.25, -0.2) is 0 Å². The van der Waals surface area contributed by atoms with E-state index >= 15 is 0 Å². The predicted octanol–water partition coefficient (Wildman–Crippen LogP) is 2.61. The molecule has 0 spiro atoms. The van der Waals surface area contributed by atoms with Gasteiger partial charge in [0, 0.05) is 6.54 Å². The number of nitrogens with one attached hydrogen (secondary N) is 1. The minimum absolute atomic E-state index is 0.0294. The topological polar surface area (TPSA) is 24.5 Å². The lowest BCUT2D eigenvalue weighted by molar-refractivity contribution is 0.241. The van der Waals surface area contributed by atoms with Crippen molar-refractivity contribution in [1.82, 2.24) is 10.2 Å². The van der Waals surface area contributed by atoms with Gasteiger partial charge in [0.05, 0.1) is 11.6 Å². The highest BCUT2D eigenvalue weighted by molar-refractivity contribution is 5.32. The zero-order valence-electron chi connectivity index (χ0n) is 12.6. The van der Waals surface area contributed by atoms with E-state index in [9.17, 15) is 0 Å². The third-order valence-corrected chi connectivity index (χ3v) is 3.68. The van der Waals surface area contributed by atoms with Crippen LogP contribution in [0.4, 0.5) is 0 Å². The van der Waals surface area contributed by atoms with E-state index in [2.05, 4.69) is 62.3 Å². The van der Waals surface area contributed by atoms with E-state index < -0.39 is 0 Å². The zero-order chi connectivity index (χ0) is 13.9. The Balaban J connectivity index is 2.15. The fourth-order valence-electron chi connectivity index (χ4n) is 2.75. The Bertz CT molecular complexity index is 402. The van der Waals surface area contributed by atoms with E-state index in [0.29, 0.717) is 0 Å². The van der Waals surface area contributed by atoms with Crippen molar-refractivity contribution in [3.05, 3.63) is 29.8 Å². The summed E-state index contributed by atoms with van der Waals surface area (Å²) in [6, 6.07) is 8.52. The van der Waals surface area contributed by atoms with E-state index in [1.54, 1.807) is 0 Å². The quantitative estimate of drug-likeness (QED) is 0.906. The Morgan fingerprint density at radius 1 is 1.26 bits per heavy atom. The van der Waals surface area contributed by atoms with Crippen molar-refractivity contribution < 1.29 is 4.74 Å². The number of benzene rings is 1. The van der Waals surface area contributed by atoms with Gasteiger partial charge in [0.15, 0.2) is 0 Å². The zero-order valence-corrected chi connectivity index (χ0v) is 12.6. The molecule has 3 nitrogen and oxygen atoms in total. The maximum atomic E-state index is 5.70. The molecule has 0 radical (unpaired) electrons. The Labute approximate surface area is 116 Å². The lowest BCUT2D eigenvalue weighted by Gasteiger charge is -2.32. The first kappa shape index (κ1) is 14.4. The van der Waals surface area contributed by atoms with E-state index in [1.165, 1.54) is 12.0 Å². The predicted molar refractivity (Wildman–Crippen MR) is 79.7 cm³/mol. The molecule has 0 bridgehead atoms. The molecule has 1 unspecified atom stereocenters. The normalized spacial score (nSPS) is 25.3. The molecular formula is C16H26N2O. The van der Waals surface area contributed by atoms with Gasteiger partial charge in [0.2, 0.25) is 0 Å². The van der Waals surface area contributed by atoms with Crippen molar-refractivity contribution in [2.45, 2.75) is 38.8 Å². The molecule has 1 atom stereocenters. The van der Waals surface area contributed by atoms with Gasteiger partial charge in [0.1, 0.15) is 5.75 Å². The standard InChI is InChI=1S/C16H26N2O/c1-13(2)19-15-8-6-14(7-9-15)16(3)12-18(4)11-5-10-17-16/h6-9,13,17H,5,10-12H2,1-4H3. The highest BCUT2D eigenvalue weighted by Gasteiger charge is 2.29. The summed E-state index contributed by atoms with van der Waals surface area (Å²) in [5.74, 6) is 0.948. The molecule has 1 fully saturated rings. The minimum atomic E-state index is 0.0294. The average Bonchev–Trinajstić information content (AvgIpc) is 2.51. The maximum absolute atomic E-state index is 5.70. The van der Waals surface area contributed by atoms with Crippen molar-refractivity contribution in [3.8, 4) is 5.75 Å². The minimum Gasteiger partial charge on any atom is -0.491 e. The van der Waals surface area contributed by atoms with Gasteiger partial charge in [0.25, 0.3) is 0 Å². The molecule has 0 aromatic heterocycles. The Morgan fingerprint density at radius 3 is 2.58 bits per heavy atom. The summed E-state index contributed by atoms with van der Waals surface area (Å²) in [7, 11) is 2.20. The number of rotatable bonds is 3. The first-order chi connectivity index (χ1) is 8.99. The number of hydrogen-bond acceptors (Lipinski definition) is 3. The Kier molecular flexibility index (Phi) is 4.48. The Hall–Kier alpha value is -1.06. The number of nitrogens with zero attached hydrogens (tertiary/aromatic N) is 1. The molecule has 2 rings (SSSR count). The summed E-state index contributed by atoms with van der Waals surface area (Å²) >= 11 is 0. The van der Waals surface area contributed by atoms with Crippen LogP contribution in [-0.2, 0) is 5.54 Å². The van der Waals surface area contributed by atoms with Crippen LogP contribution in [0.2, 0.25) is 0 Å². The number of hydrogen-bond donors (Lipinski definition) is 1. The monoisotopic (exact) mass is 262 g/mol. The molecular weight excluding hydrogens is 236 g/mol. The maximum Gasteiger partial charge on any atom is 0.119 e. The molecule has 0 aliphatic carbocycles. The third kappa shape index (κ3) is 3.71. The summed E-state index contributed by atoms with van der Waals surface area (Å²) in [5, 5.41) is 3.68. The molecule has 0 saturated carbocycles. The second-order valence-corrected chi connectivity index (χ2v) is 6.04. The highest BCUT2D eigenvalue weighted by Crippen LogP contribution is 2.26. The van der Waals surface area contributed by atoms with Crippen molar-refractivity contribution >= 4 is 0 Å². The summed E-state index contributed by atoms with van der Waals surface area (Å²) in [4.78, 5) is 2.40. The molecule has 1 aromatic carbocycles. The van der Waals surface area contributed by atoms with Gasteiger partial charge in [-0.2, -0.15) is 0 Å². The fourth-order valence-corrected chi connectivity index (χ4v) is 2.75. The van der Waals surface area contributed by atoms with Crippen molar-refractivity contribution in [2.75, 3.05) is 26.7 Å². The van der Waals surface area contributed by atoms with Crippen LogP contribution in [0.1, 0.15) is 32.8 Å². The van der Waals surface area contributed by atoms with E-state index in [4.69, 9.17) is 4.74 Å². The van der Waals surface area contributed by atoms with Crippen molar-refractivity contribution in [2.24, 2.45) is 0 Å². The van der Waals surface area contributed by atoms with Gasteiger partial charge in [-0.15, -0.1) is 0 Å². The number of likely N-dealkylation sites (N-methyl/N-ethyl adjacent to an activating group) is 1. The van der Waals surface area contributed by atoms with Gasteiger partial charge in [-0.1, -0.05) is 12.1 Å². The van der Waals surface area contributed by atoms with Crippen LogP contribution in [0.3, 0.4) is 0 Å². The highest BCUT2D eigenvalue weighted by atomic mass is 16.5. The second kappa shape index (κ2) is 5.93. The van der Waals surface area contributed by atoms with Crippen LogP contribution in [-0.4, -0.2) is 37.7 Å². The molecule has 1 N–H and O–H groups in total.